The van der Waals surface area contributed by atoms with Crippen LogP contribution < -0.4 is 20.5 Å². The molecule has 0 amide bonds. The third-order valence-corrected chi connectivity index (χ3v) is 5.22. The van der Waals surface area contributed by atoms with Crippen molar-refractivity contribution < 1.29 is 9.47 Å². The SMILES string of the molecule is CCCC(CSc1nc(N)nc2nc[nH]c12)Nc1ccc(OC)c(OC)c1. The molecule has 2 aromatic heterocycles. The molecule has 144 valence electrons. The third-order valence-electron chi connectivity index (χ3n) is 4.08. The van der Waals surface area contributed by atoms with Crippen LogP contribution in [-0.2, 0) is 0 Å². The van der Waals surface area contributed by atoms with Crippen LogP contribution in [0.25, 0.3) is 11.2 Å². The summed E-state index contributed by atoms with van der Waals surface area (Å²) < 4.78 is 10.7. The predicted molar refractivity (Wildman–Crippen MR) is 109 cm³/mol. The standard InChI is InChI=1S/C18H24N6O2S/c1-4-5-12(22-11-6-7-13(25-2)14(8-11)26-3)9-27-17-15-16(21-10-20-15)23-18(19)24-17/h6-8,10,12,22H,4-5,9H2,1-3H3,(H3,19,20,21,23,24). The van der Waals surface area contributed by atoms with Gasteiger partial charge < -0.3 is 25.5 Å². The number of fused-ring (bicyclic) bond motifs is 1. The summed E-state index contributed by atoms with van der Waals surface area (Å²) in [5.41, 5.74) is 8.19. The second-order valence-corrected chi connectivity index (χ2v) is 7.01. The van der Waals surface area contributed by atoms with E-state index in [-0.39, 0.29) is 12.0 Å². The highest BCUT2D eigenvalue weighted by Gasteiger charge is 2.14. The molecule has 9 heteroatoms. The van der Waals surface area contributed by atoms with E-state index in [0.717, 1.165) is 34.8 Å². The summed E-state index contributed by atoms with van der Waals surface area (Å²) in [6, 6.07) is 6.09. The summed E-state index contributed by atoms with van der Waals surface area (Å²) in [5, 5.41) is 4.39. The molecule has 3 rings (SSSR count). The number of imidazole rings is 1. The fraction of sp³-hybridized carbons (Fsp3) is 0.389. The number of nitrogen functional groups attached to an aromatic ring is 1. The first-order valence-corrected chi connectivity index (χ1v) is 9.71. The number of nitrogens with zero attached hydrogens (tertiary/aromatic N) is 3. The number of methoxy groups -OCH3 is 2. The van der Waals surface area contributed by atoms with Gasteiger partial charge in [0.15, 0.2) is 17.1 Å². The van der Waals surface area contributed by atoms with Crippen molar-refractivity contribution in [2.45, 2.75) is 30.8 Å². The summed E-state index contributed by atoms with van der Waals surface area (Å²) in [7, 11) is 3.27. The van der Waals surface area contributed by atoms with Crippen LogP contribution in [0.1, 0.15) is 19.8 Å². The molecule has 1 atom stereocenters. The van der Waals surface area contributed by atoms with E-state index in [2.05, 4.69) is 32.2 Å². The number of anilines is 2. The van der Waals surface area contributed by atoms with Gasteiger partial charge in [0.05, 0.1) is 20.5 Å². The maximum atomic E-state index is 5.80. The number of thioether (sulfide) groups is 1. The van der Waals surface area contributed by atoms with Crippen molar-refractivity contribution in [1.82, 2.24) is 19.9 Å². The van der Waals surface area contributed by atoms with Gasteiger partial charge in [-0.2, -0.15) is 4.98 Å². The van der Waals surface area contributed by atoms with Crippen LogP contribution >= 0.6 is 11.8 Å². The molecule has 2 heterocycles. The number of rotatable bonds is 9. The van der Waals surface area contributed by atoms with Gasteiger partial charge in [0.2, 0.25) is 5.95 Å². The molecule has 4 N–H and O–H groups in total. The number of aromatic amines is 1. The topological polar surface area (TPSA) is 111 Å². The van der Waals surface area contributed by atoms with E-state index < -0.39 is 0 Å². The minimum atomic E-state index is 0.233. The number of hydrogen-bond donors (Lipinski definition) is 3. The largest absolute Gasteiger partial charge is 0.493 e. The Kier molecular flexibility index (Phi) is 6.23. The molecule has 3 aromatic rings. The van der Waals surface area contributed by atoms with E-state index in [4.69, 9.17) is 15.2 Å². The first kappa shape index (κ1) is 19.1. The zero-order valence-electron chi connectivity index (χ0n) is 15.7. The van der Waals surface area contributed by atoms with E-state index in [1.807, 2.05) is 18.2 Å². The minimum Gasteiger partial charge on any atom is -0.493 e. The summed E-state index contributed by atoms with van der Waals surface area (Å²) in [6.45, 7) is 2.17. The van der Waals surface area contributed by atoms with E-state index in [1.165, 1.54) is 0 Å². The van der Waals surface area contributed by atoms with Gasteiger partial charge in [-0.3, -0.25) is 0 Å². The van der Waals surface area contributed by atoms with Gasteiger partial charge in [-0.15, -0.1) is 11.8 Å². The average Bonchev–Trinajstić information content (AvgIpc) is 3.14. The lowest BCUT2D eigenvalue weighted by atomic mass is 10.2. The molecule has 0 aliphatic carbocycles. The van der Waals surface area contributed by atoms with E-state index in [0.29, 0.717) is 17.1 Å². The molecule has 1 aromatic carbocycles. The van der Waals surface area contributed by atoms with Gasteiger partial charge in [0.25, 0.3) is 0 Å². The molecule has 0 saturated carbocycles. The van der Waals surface area contributed by atoms with E-state index >= 15 is 0 Å². The Morgan fingerprint density at radius 2 is 2.04 bits per heavy atom. The number of aromatic nitrogens is 4. The van der Waals surface area contributed by atoms with Crippen LogP contribution in [0, 0.1) is 0 Å². The number of H-pyrrole nitrogens is 1. The summed E-state index contributed by atoms with van der Waals surface area (Å²) in [4.78, 5) is 15.7. The Labute approximate surface area is 162 Å². The van der Waals surface area contributed by atoms with Crippen molar-refractivity contribution in [2.75, 3.05) is 31.0 Å². The zero-order chi connectivity index (χ0) is 19.2. The fourth-order valence-corrected chi connectivity index (χ4v) is 3.88. The number of nitrogens with two attached hydrogens (primary N) is 1. The van der Waals surface area contributed by atoms with Gasteiger partial charge >= 0.3 is 0 Å². The highest BCUT2D eigenvalue weighted by atomic mass is 32.2. The first-order valence-electron chi connectivity index (χ1n) is 8.72. The molecule has 27 heavy (non-hydrogen) atoms. The molecule has 0 aliphatic rings. The Hall–Kier alpha value is -2.68. The van der Waals surface area contributed by atoms with Crippen LogP contribution in [-0.4, -0.2) is 46.0 Å². The Balaban J connectivity index is 1.73. The zero-order valence-corrected chi connectivity index (χ0v) is 16.5. The number of ether oxygens (including phenoxy) is 2. The molecule has 0 radical (unpaired) electrons. The smallest absolute Gasteiger partial charge is 0.223 e. The monoisotopic (exact) mass is 388 g/mol. The van der Waals surface area contributed by atoms with Crippen LogP contribution in [0.2, 0.25) is 0 Å². The molecule has 0 saturated heterocycles. The first-order chi connectivity index (χ1) is 13.1. The van der Waals surface area contributed by atoms with Gasteiger partial charge in [-0.1, -0.05) is 13.3 Å². The van der Waals surface area contributed by atoms with Gasteiger partial charge in [0, 0.05) is 23.5 Å². The van der Waals surface area contributed by atoms with Crippen molar-refractivity contribution in [1.29, 1.82) is 0 Å². The Morgan fingerprint density at radius 1 is 1.22 bits per heavy atom. The fourth-order valence-electron chi connectivity index (χ4n) is 2.81. The van der Waals surface area contributed by atoms with Crippen molar-refractivity contribution in [3.05, 3.63) is 24.5 Å². The molecule has 0 fully saturated rings. The summed E-state index contributed by atoms with van der Waals surface area (Å²) >= 11 is 1.63. The van der Waals surface area contributed by atoms with E-state index in [9.17, 15) is 0 Å². The maximum absolute atomic E-state index is 5.80. The van der Waals surface area contributed by atoms with Crippen molar-refractivity contribution in [2.24, 2.45) is 0 Å². The summed E-state index contributed by atoms with van der Waals surface area (Å²) in [5.74, 6) is 2.47. The molecular formula is C18H24N6O2S. The second kappa shape index (κ2) is 8.81. The third kappa shape index (κ3) is 4.54. The highest BCUT2D eigenvalue weighted by molar-refractivity contribution is 7.99. The van der Waals surface area contributed by atoms with Crippen LogP contribution in [0.5, 0.6) is 11.5 Å². The normalized spacial score (nSPS) is 12.1. The lowest BCUT2D eigenvalue weighted by Gasteiger charge is -2.20. The molecular weight excluding hydrogens is 364 g/mol. The molecule has 0 aliphatic heterocycles. The van der Waals surface area contributed by atoms with Crippen molar-refractivity contribution >= 4 is 34.6 Å². The van der Waals surface area contributed by atoms with Crippen molar-refractivity contribution in [3.8, 4) is 11.5 Å². The van der Waals surface area contributed by atoms with Gasteiger partial charge in [-0.25, -0.2) is 9.97 Å². The number of nitrogens with one attached hydrogen (secondary N) is 2. The number of hydrogen-bond acceptors (Lipinski definition) is 8. The van der Waals surface area contributed by atoms with Crippen molar-refractivity contribution in [3.63, 3.8) is 0 Å². The quantitative estimate of drug-likeness (QED) is 0.378. The van der Waals surface area contributed by atoms with Crippen LogP contribution in [0.3, 0.4) is 0 Å². The van der Waals surface area contributed by atoms with Gasteiger partial charge in [-0.05, 0) is 18.6 Å². The molecule has 0 bridgehead atoms. The second-order valence-electron chi connectivity index (χ2n) is 6.00. The Bertz CT molecular complexity index is 901. The lowest BCUT2D eigenvalue weighted by Crippen LogP contribution is -2.22. The molecule has 8 nitrogen and oxygen atoms in total. The lowest BCUT2D eigenvalue weighted by molar-refractivity contribution is 0.355. The highest BCUT2D eigenvalue weighted by Crippen LogP contribution is 2.31. The van der Waals surface area contributed by atoms with Gasteiger partial charge in [0.1, 0.15) is 10.5 Å². The average molecular weight is 388 g/mol. The Morgan fingerprint density at radius 3 is 2.78 bits per heavy atom. The molecule has 0 spiro atoms. The van der Waals surface area contributed by atoms with E-state index in [1.54, 1.807) is 32.3 Å². The van der Waals surface area contributed by atoms with Crippen LogP contribution in [0.15, 0.2) is 29.6 Å². The predicted octanol–water partition coefficient (Wildman–Crippen LogP) is 3.33. The molecule has 1 unspecified atom stereocenters. The summed E-state index contributed by atoms with van der Waals surface area (Å²) in [6.07, 6.45) is 3.69. The maximum Gasteiger partial charge on any atom is 0.223 e. The van der Waals surface area contributed by atoms with Crippen LogP contribution in [0.4, 0.5) is 11.6 Å². The minimum absolute atomic E-state index is 0.233. The number of benzene rings is 1.